The molecule has 2 heterocycles. The molecule has 0 unspecified atom stereocenters. The maximum absolute atomic E-state index is 12.9. The van der Waals surface area contributed by atoms with Crippen molar-refractivity contribution in [1.29, 1.82) is 0 Å². The number of hydrogen-bond acceptors (Lipinski definition) is 5. The van der Waals surface area contributed by atoms with Crippen LogP contribution < -0.4 is 5.73 Å². The fourth-order valence-corrected chi connectivity index (χ4v) is 3.45. The van der Waals surface area contributed by atoms with E-state index in [0.717, 1.165) is 43.1 Å². The minimum absolute atomic E-state index is 0.343. The van der Waals surface area contributed by atoms with Gasteiger partial charge in [0, 0.05) is 6.54 Å². The van der Waals surface area contributed by atoms with Gasteiger partial charge in [0.05, 0.1) is 17.6 Å². The van der Waals surface area contributed by atoms with Crippen LogP contribution in [0.3, 0.4) is 0 Å². The van der Waals surface area contributed by atoms with Gasteiger partial charge in [-0.1, -0.05) is 58.6 Å². The quantitative estimate of drug-likeness (QED) is 0.418. The van der Waals surface area contributed by atoms with E-state index in [1.54, 1.807) is 0 Å². The van der Waals surface area contributed by atoms with Crippen molar-refractivity contribution in [2.24, 2.45) is 5.92 Å². The van der Waals surface area contributed by atoms with Crippen molar-refractivity contribution >= 4 is 34.0 Å². The predicted octanol–water partition coefficient (Wildman–Crippen LogP) is 4.95. The number of nitrogen functional groups attached to an aromatic ring is 1. The largest absolute Gasteiger partial charge is 0.462 e. The summed E-state index contributed by atoms with van der Waals surface area (Å²) in [5.74, 6) is 0.346. The first-order valence-corrected chi connectivity index (χ1v) is 10.3. The lowest BCUT2D eigenvalue weighted by molar-refractivity contribution is 0.0436. The Morgan fingerprint density at radius 2 is 1.79 bits per heavy atom. The number of hydrogen-bond donors (Lipinski definition) is 1. The maximum atomic E-state index is 12.9. The second-order valence-corrected chi connectivity index (χ2v) is 7.28. The molecule has 3 rings (SSSR count). The van der Waals surface area contributed by atoms with Crippen LogP contribution in [0.5, 0.6) is 0 Å². The fourth-order valence-electron chi connectivity index (χ4n) is 3.45. The Labute approximate surface area is 166 Å². The number of nitrogens with two attached hydrogens (primary N) is 1. The third-order valence-electron chi connectivity index (χ3n) is 5.39. The van der Waals surface area contributed by atoms with Crippen molar-refractivity contribution in [1.82, 2.24) is 14.5 Å². The second-order valence-electron chi connectivity index (χ2n) is 7.28. The lowest BCUT2D eigenvalue weighted by Crippen LogP contribution is -2.15. The van der Waals surface area contributed by atoms with Gasteiger partial charge in [-0.05, 0) is 24.5 Å². The fraction of sp³-hybridized carbons (Fsp3) is 0.500. The number of esters is 1. The lowest BCUT2D eigenvalue weighted by Gasteiger charge is -2.12. The molecule has 0 bridgehead atoms. The Morgan fingerprint density at radius 1 is 1.11 bits per heavy atom. The van der Waals surface area contributed by atoms with Crippen LogP contribution in [0, 0.1) is 5.92 Å². The summed E-state index contributed by atoms with van der Waals surface area (Å²) in [5, 5.41) is 0. The van der Waals surface area contributed by atoms with Crippen LogP contribution in [0.2, 0.25) is 0 Å². The highest BCUT2D eigenvalue weighted by Crippen LogP contribution is 2.29. The molecule has 0 aliphatic carbocycles. The van der Waals surface area contributed by atoms with E-state index in [0.29, 0.717) is 41.6 Å². The van der Waals surface area contributed by atoms with E-state index >= 15 is 0 Å². The van der Waals surface area contributed by atoms with E-state index in [2.05, 4.69) is 20.8 Å². The normalized spacial score (nSPS) is 11.6. The van der Waals surface area contributed by atoms with Gasteiger partial charge in [-0.25, -0.2) is 14.8 Å². The molecule has 0 saturated heterocycles. The zero-order valence-corrected chi connectivity index (χ0v) is 17.1. The molecule has 0 spiro atoms. The molecule has 0 amide bonds. The molecular formula is C22H30N4O2. The summed E-state index contributed by atoms with van der Waals surface area (Å²) in [6, 6.07) is 7.66. The minimum atomic E-state index is -0.409. The first-order chi connectivity index (χ1) is 13.6. The molecule has 6 nitrogen and oxygen atoms in total. The van der Waals surface area contributed by atoms with E-state index in [4.69, 9.17) is 20.4 Å². The van der Waals surface area contributed by atoms with Crippen molar-refractivity contribution in [2.75, 3.05) is 12.3 Å². The number of nitrogens with zero attached hydrogens (tertiary/aromatic N) is 3. The molecule has 2 aromatic heterocycles. The van der Waals surface area contributed by atoms with Gasteiger partial charge >= 0.3 is 5.97 Å². The molecule has 0 aliphatic rings. The lowest BCUT2D eigenvalue weighted by atomic mass is 10.1. The molecule has 2 N–H and O–H groups in total. The average molecular weight is 383 g/mol. The van der Waals surface area contributed by atoms with Gasteiger partial charge < -0.3 is 15.0 Å². The average Bonchev–Trinajstić information content (AvgIpc) is 2.98. The number of carbonyl (C=O) groups excluding carboxylic acids is 1. The summed E-state index contributed by atoms with van der Waals surface area (Å²) >= 11 is 0. The van der Waals surface area contributed by atoms with E-state index in [1.807, 2.05) is 28.8 Å². The van der Waals surface area contributed by atoms with E-state index in [-0.39, 0.29) is 0 Å². The zero-order chi connectivity index (χ0) is 20.1. The Hall–Kier alpha value is -2.63. The van der Waals surface area contributed by atoms with Gasteiger partial charge in [0.2, 0.25) is 0 Å². The summed E-state index contributed by atoms with van der Waals surface area (Å²) in [7, 11) is 0. The summed E-state index contributed by atoms with van der Waals surface area (Å²) in [6.07, 6.45) is 5.12. The third kappa shape index (κ3) is 3.96. The highest BCUT2D eigenvalue weighted by molar-refractivity contribution is 6.08. The number of rotatable bonds is 9. The third-order valence-corrected chi connectivity index (χ3v) is 5.39. The van der Waals surface area contributed by atoms with E-state index in [1.165, 1.54) is 0 Å². The molecule has 0 radical (unpaired) electrons. The summed E-state index contributed by atoms with van der Waals surface area (Å²) in [6.45, 7) is 7.48. The van der Waals surface area contributed by atoms with Crippen molar-refractivity contribution < 1.29 is 9.53 Å². The molecular weight excluding hydrogens is 352 g/mol. The van der Waals surface area contributed by atoms with E-state index < -0.39 is 5.97 Å². The van der Waals surface area contributed by atoms with Crippen LogP contribution in [-0.4, -0.2) is 27.1 Å². The molecule has 0 aliphatic heterocycles. The summed E-state index contributed by atoms with van der Waals surface area (Å²) in [5.41, 5.74) is 9.48. The minimum Gasteiger partial charge on any atom is -0.462 e. The smallest absolute Gasteiger partial charge is 0.344 e. The van der Waals surface area contributed by atoms with Gasteiger partial charge in [0.15, 0.2) is 5.65 Å². The number of aryl methyl sites for hydroxylation is 1. The standard InChI is InChI=1S/C22H30N4O2/c1-4-7-10-13-26-20(23)18(22(27)28-14-15(5-2)6-3)19-21(26)25-17-12-9-8-11-16(17)24-19/h8-9,11-12,15H,4-7,10,13-14,23H2,1-3H3. The number of benzene rings is 1. The van der Waals surface area contributed by atoms with E-state index in [9.17, 15) is 4.79 Å². The van der Waals surface area contributed by atoms with Gasteiger partial charge in [0.1, 0.15) is 16.9 Å². The molecule has 0 atom stereocenters. The second kappa shape index (κ2) is 9.04. The van der Waals surface area contributed by atoms with Crippen molar-refractivity contribution in [3.05, 3.63) is 29.8 Å². The predicted molar refractivity (Wildman–Crippen MR) is 113 cm³/mol. The number of ether oxygens (including phenoxy) is 1. The van der Waals surface area contributed by atoms with Crippen molar-refractivity contribution in [3.8, 4) is 0 Å². The van der Waals surface area contributed by atoms with Gasteiger partial charge in [0.25, 0.3) is 0 Å². The monoisotopic (exact) mass is 382 g/mol. The Morgan fingerprint density at radius 3 is 2.43 bits per heavy atom. The molecule has 0 saturated carbocycles. The molecule has 150 valence electrons. The summed E-state index contributed by atoms with van der Waals surface area (Å²) < 4.78 is 7.53. The highest BCUT2D eigenvalue weighted by Gasteiger charge is 2.25. The van der Waals surface area contributed by atoms with Crippen LogP contribution in [0.4, 0.5) is 5.82 Å². The maximum Gasteiger partial charge on any atom is 0.344 e. The Kier molecular flexibility index (Phi) is 6.49. The SMILES string of the molecule is CCCCCn1c(N)c(C(=O)OCC(CC)CC)c2nc3ccccc3nc21. The van der Waals surface area contributed by atoms with Crippen LogP contribution in [0.25, 0.3) is 22.2 Å². The molecule has 0 fully saturated rings. The number of unbranched alkanes of at least 4 members (excludes halogenated alkanes) is 2. The molecule has 1 aromatic carbocycles. The Bertz CT molecular complexity index is 960. The van der Waals surface area contributed by atoms with Crippen LogP contribution in [0.15, 0.2) is 24.3 Å². The highest BCUT2D eigenvalue weighted by atomic mass is 16.5. The van der Waals surface area contributed by atoms with Crippen LogP contribution in [0.1, 0.15) is 63.2 Å². The van der Waals surface area contributed by atoms with Crippen molar-refractivity contribution in [3.63, 3.8) is 0 Å². The first kappa shape index (κ1) is 20.1. The molecule has 28 heavy (non-hydrogen) atoms. The van der Waals surface area contributed by atoms with Gasteiger partial charge in [-0.3, -0.25) is 0 Å². The number of fused-ring (bicyclic) bond motifs is 2. The zero-order valence-electron chi connectivity index (χ0n) is 17.1. The Balaban J connectivity index is 2.05. The van der Waals surface area contributed by atoms with Crippen molar-refractivity contribution in [2.45, 2.75) is 59.4 Å². The molecule has 3 aromatic rings. The number of aromatic nitrogens is 3. The van der Waals surface area contributed by atoms with Gasteiger partial charge in [-0.2, -0.15) is 0 Å². The summed E-state index contributed by atoms with van der Waals surface area (Å²) in [4.78, 5) is 22.4. The first-order valence-electron chi connectivity index (χ1n) is 10.3. The number of anilines is 1. The topological polar surface area (TPSA) is 83.0 Å². The van der Waals surface area contributed by atoms with Crippen LogP contribution >= 0.6 is 0 Å². The molecule has 6 heteroatoms. The number of para-hydroxylation sites is 2. The van der Waals surface area contributed by atoms with Gasteiger partial charge in [-0.15, -0.1) is 0 Å². The van der Waals surface area contributed by atoms with Crippen LogP contribution in [-0.2, 0) is 11.3 Å². The number of carbonyl (C=O) groups is 1.